The molecule has 1 saturated carbocycles. The lowest BCUT2D eigenvalue weighted by molar-refractivity contribution is -0.0440. The zero-order chi connectivity index (χ0) is 13.2. The van der Waals surface area contributed by atoms with Gasteiger partial charge in [-0.05, 0) is 19.3 Å². The quantitative estimate of drug-likeness (QED) is 0.903. The molecule has 0 spiro atoms. The summed E-state index contributed by atoms with van der Waals surface area (Å²) in [6.45, 7) is 1.94. The molecule has 6 heteroatoms. The Bertz CT molecular complexity index is 395. The first-order valence-electron chi connectivity index (χ1n) is 6.41. The Morgan fingerprint density at radius 1 is 1.56 bits per heavy atom. The fraction of sp³-hybridized carbons (Fsp3) is 0.833. The number of hydrogen-bond acceptors (Lipinski definition) is 4. The summed E-state index contributed by atoms with van der Waals surface area (Å²) in [4.78, 5) is 4.06. The van der Waals surface area contributed by atoms with Crippen molar-refractivity contribution in [1.29, 1.82) is 0 Å². The first kappa shape index (κ1) is 13.4. The smallest absolute Gasteiger partial charge is 0.248 e. The van der Waals surface area contributed by atoms with E-state index < -0.39 is 12.0 Å². The van der Waals surface area contributed by atoms with Crippen molar-refractivity contribution in [2.45, 2.75) is 63.4 Å². The second kappa shape index (κ2) is 5.30. The van der Waals surface area contributed by atoms with Gasteiger partial charge in [-0.1, -0.05) is 18.5 Å². The largest absolute Gasteiger partial charge is 0.385 e. The van der Waals surface area contributed by atoms with E-state index in [1.165, 1.54) is 0 Å². The van der Waals surface area contributed by atoms with E-state index in [0.29, 0.717) is 19.3 Å². The predicted octanol–water partition coefficient (Wildman–Crippen LogP) is 3.20. The van der Waals surface area contributed by atoms with Gasteiger partial charge in [0.2, 0.25) is 11.8 Å². The summed E-state index contributed by atoms with van der Waals surface area (Å²) >= 11 is 0. The standard InChI is InChI=1S/C12H18F2N2O2/c1-2-4-9(17)10-15-11(18-16-10)8-5-3-6-12(13,14)7-8/h8-9,17H,2-7H2,1H3. The highest BCUT2D eigenvalue weighted by Gasteiger charge is 2.39. The SMILES string of the molecule is CCCC(O)c1noc(C2CCCC(F)(F)C2)n1. The zero-order valence-electron chi connectivity index (χ0n) is 10.4. The van der Waals surface area contributed by atoms with Crippen LogP contribution in [0.15, 0.2) is 4.52 Å². The third-order valence-electron chi connectivity index (χ3n) is 3.31. The number of aliphatic hydroxyl groups excluding tert-OH is 1. The summed E-state index contributed by atoms with van der Waals surface area (Å²) in [6.07, 6.45) is 1.37. The minimum Gasteiger partial charge on any atom is -0.385 e. The van der Waals surface area contributed by atoms with E-state index in [1.807, 2.05) is 6.92 Å². The number of halogens is 2. The van der Waals surface area contributed by atoms with Crippen LogP contribution < -0.4 is 0 Å². The van der Waals surface area contributed by atoms with Gasteiger partial charge in [0.25, 0.3) is 0 Å². The van der Waals surface area contributed by atoms with Crippen molar-refractivity contribution in [1.82, 2.24) is 10.1 Å². The number of aromatic nitrogens is 2. The molecule has 0 aliphatic heterocycles. The second-order valence-electron chi connectivity index (χ2n) is 4.94. The van der Waals surface area contributed by atoms with Crippen LogP contribution in [0.1, 0.15) is 69.2 Å². The fourth-order valence-corrected chi connectivity index (χ4v) is 2.33. The molecule has 4 nitrogen and oxygen atoms in total. The Hall–Kier alpha value is -1.04. The zero-order valence-corrected chi connectivity index (χ0v) is 10.4. The van der Waals surface area contributed by atoms with Crippen molar-refractivity contribution in [2.24, 2.45) is 0 Å². The van der Waals surface area contributed by atoms with Gasteiger partial charge in [0.05, 0.1) is 0 Å². The number of alkyl halides is 2. The average molecular weight is 260 g/mol. The van der Waals surface area contributed by atoms with Crippen LogP contribution in [0.4, 0.5) is 8.78 Å². The maximum absolute atomic E-state index is 13.3. The third-order valence-corrected chi connectivity index (χ3v) is 3.31. The molecule has 0 radical (unpaired) electrons. The minimum atomic E-state index is -2.64. The highest BCUT2D eigenvalue weighted by Crippen LogP contribution is 2.41. The molecule has 0 aromatic carbocycles. The summed E-state index contributed by atoms with van der Waals surface area (Å²) in [5.41, 5.74) is 0. The molecular formula is C12H18F2N2O2. The van der Waals surface area contributed by atoms with E-state index >= 15 is 0 Å². The molecule has 1 N–H and O–H groups in total. The van der Waals surface area contributed by atoms with Gasteiger partial charge in [-0.3, -0.25) is 0 Å². The van der Waals surface area contributed by atoms with Crippen LogP contribution in [0.3, 0.4) is 0 Å². The van der Waals surface area contributed by atoms with Crippen molar-refractivity contribution in [3.05, 3.63) is 11.7 Å². The minimum absolute atomic E-state index is 0.0665. The summed E-state index contributed by atoms with van der Waals surface area (Å²) < 4.78 is 31.6. The van der Waals surface area contributed by atoms with Crippen molar-refractivity contribution < 1.29 is 18.4 Å². The van der Waals surface area contributed by atoms with E-state index in [4.69, 9.17) is 4.52 Å². The van der Waals surface area contributed by atoms with E-state index in [-0.39, 0.29) is 30.5 Å². The van der Waals surface area contributed by atoms with Gasteiger partial charge >= 0.3 is 0 Å². The van der Waals surface area contributed by atoms with Gasteiger partial charge in [0.15, 0.2) is 5.82 Å². The van der Waals surface area contributed by atoms with E-state index in [9.17, 15) is 13.9 Å². The summed E-state index contributed by atoms with van der Waals surface area (Å²) in [5.74, 6) is -2.58. The van der Waals surface area contributed by atoms with Crippen LogP contribution in [0.25, 0.3) is 0 Å². The monoisotopic (exact) mass is 260 g/mol. The molecule has 0 bridgehead atoms. The molecular weight excluding hydrogens is 242 g/mol. The summed E-state index contributed by atoms with van der Waals surface area (Å²) in [7, 11) is 0. The van der Waals surface area contributed by atoms with Gasteiger partial charge in [-0.15, -0.1) is 0 Å². The second-order valence-corrected chi connectivity index (χ2v) is 4.94. The number of rotatable bonds is 4. The lowest BCUT2D eigenvalue weighted by Crippen LogP contribution is -2.25. The van der Waals surface area contributed by atoms with Crippen LogP contribution in [0, 0.1) is 0 Å². The molecule has 2 atom stereocenters. The molecule has 1 aliphatic carbocycles. The Kier molecular flexibility index (Phi) is 3.94. The molecule has 102 valence electrons. The Morgan fingerprint density at radius 3 is 3.00 bits per heavy atom. The third kappa shape index (κ3) is 3.04. The number of hydrogen-bond donors (Lipinski definition) is 1. The highest BCUT2D eigenvalue weighted by molar-refractivity contribution is 5.00. The molecule has 18 heavy (non-hydrogen) atoms. The lowest BCUT2D eigenvalue weighted by Gasteiger charge is -2.26. The van der Waals surface area contributed by atoms with Crippen molar-refractivity contribution >= 4 is 0 Å². The van der Waals surface area contributed by atoms with Crippen LogP contribution in [-0.2, 0) is 0 Å². The predicted molar refractivity (Wildman–Crippen MR) is 60.3 cm³/mol. The van der Waals surface area contributed by atoms with Crippen LogP contribution in [0.5, 0.6) is 0 Å². The molecule has 1 heterocycles. The Morgan fingerprint density at radius 2 is 2.33 bits per heavy atom. The maximum atomic E-state index is 13.3. The van der Waals surface area contributed by atoms with Crippen LogP contribution in [0.2, 0.25) is 0 Å². The Balaban J connectivity index is 2.05. The topological polar surface area (TPSA) is 59.2 Å². The van der Waals surface area contributed by atoms with Crippen LogP contribution >= 0.6 is 0 Å². The lowest BCUT2D eigenvalue weighted by atomic mass is 9.86. The molecule has 1 aromatic heterocycles. The van der Waals surface area contributed by atoms with Gasteiger partial charge in [-0.25, -0.2) is 8.78 Å². The van der Waals surface area contributed by atoms with E-state index in [0.717, 1.165) is 6.42 Å². The highest BCUT2D eigenvalue weighted by atomic mass is 19.3. The van der Waals surface area contributed by atoms with Crippen molar-refractivity contribution in [3.63, 3.8) is 0 Å². The first-order chi connectivity index (χ1) is 8.52. The van der Waals surface area contributed by atoms with Gasteiger partial charge in [0.1, 0.15) is 6.10 Å². The van der Waals surface area contributed by atoms with E-state index in [1.54, 1.807) is 0 Å². The van der Waals surface area contributed by atoms with Gasteiger partial charge in [-0.2, -0.15) is 4.98 Å². The van der Waals surface area contributed by atoms with Gasteiger partial charge in [0, 0.05) is 18.8 Å². The van der Waals surface area contributed by atoms with E-state index in [2.05, 4.69) is 10.1 Å². The van der Waals surface area contributed by atoms with Crippen molar-refractivity contribution in [3.8, 4) is 0 Å². The van der Waals surface area contributed by atoms with Crippen molar-refractivity contribution in [2.75, 3.05) is 0 Å². The Labute approximate surface area is 104 Å². The summed E-state index contributed by atoms with van der Waals surface area (Å²) in [6, 6.07) is 0. The molecule has 1 aliphatic rings. The first-order valence-corrected chi connectivity index (χ1v) is 6.41. The molecule has 2 unspecified atom stereocenters. The molecule has 1 aromatic rings. The summed E-state index contributed by atoms with van der Waals surface area (Å²) in [5, 5.41) is 13.4. The number of aliphatic hydroxyl groups is 1. The maximum Gasteiger partial charge on any atom is 0.248 e. The van der Waals surface area contributed by atoms with Gasteiger partial charge < -0.3 is 9.63 Å². The molecule has 0 amide bonds. The molecule has 1 fully saturated rings. The molecule has 0 saturated heterocycles. The average Bonchev–Trinajstić information content (AvgIpc) is 2.77. The molecule has 2 rings (SSSR count). The number of nitrogens with zero attached hydrogens (tertiary/aromatic N) is 2. The van der Waals surface area contributed by atoms with Crippen LogP contribution in [-0.4, -0.2) is 21.2 Å². The fourth-order valence-electron chi connectivity index (χ4n) is 2.33. The normalized spacial score (nSPS) is 25.0.